The third kappa shape index (κ3) is 6.06. The Morgan fingerprint density at radius 3 is 1.15 bits per heavy atom. The van der Waals surface area contributed by atoms with Gasteiger partial charge in [-0.1, -0.05) is 67.5 Å². The molecular formula is C18H36O2. The predicted molar refractivity (Wildman–Crippen MR) is 92.0 cm³/mol. The molecule has 0 heterocycles. The fraction of sp³-hybridized carbons (Fsp3) is 0.667. The smallest absolute Gasteiger partial charge is 0.0216 e. The van der Waals surface area contributed by atoms with Crippen molar-refractivity contribution in [1.82, 2.24) is 0 Å². The lowest BCUT2D eigenvalue weighted by molar-refractivity contribution is 0.792. The molecule has 0 saturated heterocycles. The molecule has 0 amide bonds. The van der Waals surface area contributed by atoms with E-state index in [9.17, 15) is 0 Å². The standard InChI is InChI=1S/C16H26.C2H6.2H2O/c1-10(2)14-8-15(11(3)4)13(7)16(9-14)12(5)6;1-2;;/h8-12H,1-7H3;1-2H3;2*1H2. The Morgan fingerprint density at radius 1 is 0.650 bits per heavy atom. The van der Waals surface area contributed by atoms with Crippen molar-refractivity contribution in [3.05, 3.63) is 34.4 Å². The minimum absolute atomic E-state index is 0. The van der Waals surface area contributed by atoms with Gasteiger partial charge in [-0.25, -0.2) is 0 Å². The molecule has 0 bridgehead atoms. The molecule has 0 aliphatic rings. The van der Waals surface area contributed by atoms with Crippen LogP contribution in [-0.4, -0.2) is 11.0 Å². The van der Waals surface area contributed by atoms with Crippen LogP contribution in [0.2, 0.25) is 0 Å². The summed E-state index contributed by atoms with van der Waals surface area (Å²) in [5.41, 5.74) is 6.03. The largest absolute Gasteiger partial charge is 0.412 e. The zero-order valence-corrected chi connectivity index (χ0v) is 14.9. The molecule has 0 aliphatic heterocycles. The Morgan fingerprint density at radius 2 is 0.950 bits per heavy atom. The number of hydrogen-bond acceptors (Lipinski definition) is 0. The number of benzene rings is 1. The van der Waals surface area contributed by atoms with Crippen molar-refractivity contribution >= 4 is 0 Å². The SMILES string of the molecule is CC.Cc1c(C(C)C)cc(C(C)C)cc1C(C)C.O.O. The van der Waals surface area contributed by atoms with Gasteiger partial charge in [-0.3, -0.25) is 0 Å². The van der Waals surface area contributed by atoms with Crippen molar-refractivity contribution in [2.45, 2.75) is 80.1 Å². The lowest BCUT2D eigenvalue weighted by atomic mass is 9.85. The first-order valence-corrected chi connectivity index (χ1v) is 7.48. The van der Waals surface area contributed by atoms with E-state index in [0.29, 0.717) is 17.8 Å². The van der Waals surface area contributed by atoms with Crippen LogP contribution in [0.5, 0.6) is 0 Å². The summed E-state index contributed by atoms with van der Waals surface area (Å²) >= 11 is 0. The van der Waals surface area contributed by atoms with Crippen molar-refractivity contribution in [3.8, 4) is 0 Å². The van der Waals surface area contributed by atoms with Gasteiger partial charge in [-0.05, 0) is 46.9 Å². The maximum atomic E-state index is 2.40. The van der Waals surface area contributed by atoms with Crippen LogP contribution in [0, 0.1) is 6.92 Å². The van der Waals surface area contributed by atoms with Gasteiger partial charge in [-0.15, -0.1) is 0 Å². The van der Waals surface area contributed by atoms with Gasteiger partial charge in [0.05, 0.1) is 0 Å². The molecule has 0 saturated carbocycles. The molecule has 0 spiro atoms. The molecule has 4 N–H and O–H groups in total. The molecular weight excluding hydrogens is 248 g/mol. The van der Waals surface area contributed by atoms with Gasteiger partial charge >= 0.3 is 0 Å². The molecule has 0 radical (unpaired) electrons. The predicted octanol–water partition coefficient (Wildman–Crippen LogP) is 4.74. The van der Waals surface area contributed by atoms with E-state index in [2.05, 4.69) is 60.6 Å². The lowest BCUT2D eigenvalue weighted by Gasteiger charge is -2.20. The Hall–Kier alpha value is -0.860. The summed E-state index contributed by atoms with van der Waals surface area (Å²) in [7, 11) is 0. The summed E-state index contributed by atoms with van der Waals surface area (Å²) < 4.78 is 0. The van der Waals surface area contributed by atoms with E-state index in [1.54, 1.807) is 0 Å². The fourth-order valence-electron chi connectivity index (χ4n) is 2.32. The van der Waals surface area contributed by atoms with Gasteiger partial charge in [0.15, 0.2) is 0 Å². The summed E-state index contributed by atoms with van der Waals surface area (Å²) in [5, 5.41) is 0. The molecule has 1 rings (SSSR count). The molecule has 0 unspecified atom stereocenters. The van der Waals surface area contributed by atoms with E-state index in [1.165, 1.54) is 22.3 Å². The monoisotopic (exact) mass is 284 g/mol. The van der Waals surface area contributed by atoms with E-state index in [0.717, 1.165) is 0 Å². The minimum Gasteiger partial charge on any atom is -0.412 e. The normalized spacial score (nSPS) is 9.80. The van der Waals surface area contributed by atoms with Gasteiger partial charge < -0.3 is 11.0 Å². The third-order valence-corrected chi connectivity index (χ3v) is 3.42. The molecule has 1 aromatic carbocycles. The van der Waals surface area contributed by atoms with Crippen LogP contribution in [0.3, 0.4) is 0 Å². The van der Waals surface area contributed by atoms with Crippen LogP contribution >= 0.6 is 0 Å². The zero-order valence-electron chi connectivity index (χ0n) is 14.9. The average Bonchev–Trinajstić information content (AvgIpc) is 2.30. The second-order valence-electron chi connectivity index (χ2n) is 5.79. The molecule has 1 aromatic rings. The molecule has 2 heteroatoms. The summed E-state index contributed by atoms with van der Waals surface area (Å²) in [4.78, 5) is 0. The van der Waals surface area contributed by atoms with Crippen molar-refractivity contribution in [2.24, 2.45) is 0 Å². The molecule has 0 aliphatic carbocycles. The molecule has 0 atom stereocenters. The van der Waals surface area contributed by atoms with Crippen LogP contribution in [0.1, 0.15) is 95.4 Å². The second kappa shape index (κ2) is 10.9. The van der Waals surface area contributed by atoms with Gasteiger partial charge in [-0.2, -0.15) is 0 Å². The molecule has 0 aromatic heterocycles. The van der Waals surface area contributed by atoms with Gasteiger partial charge in [0, 0.05) is 0 Å². The van der Waals surface area contributed by atoms with Crippen molar-refractivity contribution in [3.63, 3.8) is 0 Å². The quantitative estimate of drug-likeness (QED) is 0.769. The molecule has 120 valence electrons. The highest BCUT2D eigenvalue weighted by Crippen LogP contribution is 2.31. The minimum atomic E-state index is 0. The van der Waals surface area contributed by atoms with Crippen LogP contribution in [-0.2, 0) is 0 Å². The van der Waals surface area contributed by atoms with Crippen LogP contribution < -0.4 is 0 Å². The first kappa shape index (κ1) is 24.2. The number of rotatable bonds is 3. The van der Waals surface area contributed by atoms with E-state index >= 15 is 0 Å². The van der Waals surface area contributed by atoms with E-state index in [4.69, 9.17) is 0 Å². The molecule has 20 heavy (non-hydrogen) atoms. The van der Waals surface area contributed by atoms with Gasteiger partial charge in [0.25, 0.3) is 0 Å². The fourth-order valence-corrected chi connectivity index (χ4v) is 2.32. The Bertz CT molecular complexity index is 337. The zero-order chi connectivity index (χ0) is 14.5. The van der Waals surface area contributed by atoms with E-state index in [-0.39, 0.29) is 11.0 Å². The van der Waals surface area contributed by atoms with Gasteiger partial charge in [0.2, 0.25) is 0 Å². The van der Waals surface area contributed by atoms with Crippen LogP contribution in [0.25, 0.3) is 0 Å². The highest BCUT2D eigenvalue weighted by Gasteiger charge is 2.13. The molecule has 0 fully saturated rings. The van der Waals surface area contributed by atoms with Gasteiger partial charge in [0.1, 0.15) is 0 Å². The van der Waals surface area contributed by atoms with Crippen LogP contribution in [0.15, 0.2) is 12.1 Å². The highest BCUT2D eigenvalue weighted by molar-refractivity contribution is 5.42. The van der Waals surface area contributed by atoms with Crippen molar-refractivity contribution in [1.29, 1.82) is 0 Å². The number of hydrogen-bond donors (Lipinski definition) is 0. The second-order valence-corrected chi connectivity index (χ2v) is 5.79. The topological polar surface area (TPSA) is 63.0 Å². The van der Waals surface area contributed by atoms with Crippen LogP contribution in [0.4, 0.5) is 0 Å². The Balaban J connectivity index is -0.000000689. The van der Waals surface area contributed by atoms with Crippen molar-refractivity contribution < 1.29 is 11.0 Å². The third-order valence-electron chi connectivity index (χ3n) is 3.42. The van der Waals surface area contributed by atoms with E-state index < -0.39 is 0 Å². The Kier molecular flexibility index (Phi) is 13.1. The summed E-state index contributed by atoms with van der Waals surface area (Å²) in [6.45, 7) is 20.0. The van der Waals surface area contributed by atoms with Crippen molar-refractivity contribution in [2.75, 3.05) is 0 Å². The first-order chi connectivity index (χ1) is 8.34. The lowest BCUT2D eigenvalue weighted by Crippen LogP contribution is -2.03. The Labute approximate surface area is 126 Å². The summed E-state index contributed by atoms with van der Waals surface area (Å²) in [6.07, 6.45) is 0. The molecule has 2 nitrogen and oxygen atoms in total. The first-order valence-electron chi connectivity index (χ1n) is 7.48. The van der Waals surface area contributed by atoms with E-state index in [1.807, 2.05) is 13.8 Å². The maximum absolute atomic E-state index is 2.40. The summed E-state index contributed by atoms with van der Waals surface area (Å²) in [5.74, 6) is 1.86. The summed E-state index contributed by atoms with van der Waals surface area (Å²) in [6, 6.07) is 4.80. The average molecular weight is 284 g/mol. The highest BCUT2D eigenvalue weighted by atomic mass is 16.0. The maximum Gasteiger partial charge on any atom is -0.0216 e.